The number of nitrogens with one attached hydrogen (secondary N) is 1. The number of hydrogen-bond acceptors (Lipinski definition) is 5. The summed E-state index contributed by atoms with van der Waals surface area (Å²) in [6.07, 6.45) is 8.43. The number of hydrogen-bond donors (Lipinski definition) is 2. The molecule has 44 heavy (non-hydrogen) atoms. The molecule has 1 fully saturated rings. The molecule has 2 N–H and O–H groups in total. The minimum absolute atomic E-state index is 0.233. The van der Waals surface area contributed by atoms with Crippen molar-refractivity contribution in [1.29, 1.82) is 0 Å². The van der Waals surface area contributed by atoms with Crippen molar-refractivity contribution >= 4 is 29.7 Å². The van der Waals surface area contributed by atoms with Crippen molar-refractivity contribution in [2.75, 3.05) is 25.1 Å². The van der Waals surface area contributed by atoms with Crippen LogP contribution in [0.2, 0.25) is 0 Å². The van der Waals surface area contributed by atoms with Gasteiger partial charge in [-0.05, 0) is 84.4 Å². The third-order valence-corrected chi connectivity index (χ3v) is 8.96. The fraction of sp³-hybridized carbons (Fsp3) is 0.417. The van der Waals surface area contributed by atoms with Gasteiger partial charge >= 0.3 is 12.1 Å². The Morgan fingerprint density at radius 2 is 1.68 bits per heavy atom. The number of carbonyl (C=O) groups is 3. The van der Waals surface area contributed by atoms with Gasteiger partial charge in [-0.15, -0.1) is 0 Å². The predicted molar refractivity (Wildman–Crippen MR) is 177 cm³/mol. The first-order valence-corrected chi connectivity index (χ1v) is 16.9. The lowest BCUT2D eigenvalue weighted by molar-refractivity contribution is -0.139. The number of amides is 2. The quantitative estimate of drug-likeness (QED) is 0.197. The van der Waals surface area contributed by atoms with Crippen LogP contribution in [0.25, 0.3) is 11.1 Å². The van der Waals surface area contributed by atoms with E-state index in [0.717, 1.165) is 40.7 Å². The van der Waals surface area contributed by atoms with Gasteiger partial charge in [-0.25, -0.2) is 9.59 Å². The van der Waals surface area contributed by atoms with Crippen LogP contribution in [0.5, 0.6) is 0 Å². The van der Waals surface area contributed by atoms with Gasteiger partial charge in [0.05, 0.1) is 0 Å². The first-order valence-electron chi connectivity index (χ1n) is 15.5. The summed E-state index contributed by atoms with van der Waals surface area (Å²) >= 11 is 1.54. The molecular weight excluding hydrogens is 572 g/mol. The third-order valence-electron chi connectivity index (χ3n) is 8.31. The highest BCUT2D eigenvalue weighted by Crippen LogP contribution is 2.29. The summed E-state index contributed by atoms with van der Waals surface area (Å²) in [4.78, 5) is 40.5. The van der Waals surface area contributed by atoms with Crippen molar-refractivity contribution in [2.24, 2.45) is 5.92 Å². The molecular formula is C36H44N2O5S. The van der Waals surface area contributed by atoms with Crippen LogP contribution in [0.1, 0.15) is 65.6 Å². The van der Waals surface area contributed by atoms with Crippen molar-refractivity contribution in [2.45, 2.75) is 64.5 Å². The Labute approximate surface area is 265 Å². The Morgan fingerprint density at radius 1 is 0.955 bits per heavy atom. The van der Waals surface area contributed by atoms with Crippen LogP contribution in [0.3, 0.4) is 0 Å². The van der Waals surface area contributed by atoms with Crippen LogP contribution in [0, 0.1) is 12.8 Å². The highest BCUT2D eigenvalue weighted by atomic mass is 32.2. The predicted octanol–water partition coefficient (Wildman–Crippen LogP) is 7.36. The number of aryl methyl sites for hydroxylation is 1. The molecule has 234 valence electrons. The minimum Gasteiger partial charge on any atom is -0.480 e. The SMILES string of the molecule is CSCCC(NC(=O)c1ccc(CCN(CC2CCCCC2)C(=O)OCc2ccccc2)cc1-c1ccccc1C)C(=O)O. The molecule has 3 aromatic rings. The maximum atomic E-state index is 13.5. The average Bonchev–Trinajstić information content (AvgIpc) is 3.04. The van der Waals surface area contributed by atoms with Gasteiger partial charge in [-0.1, -0.05) is 86.0 Å². The third kappa shape index (κ3) is 9.61. The molecule has 4 rings (SSSR count). The van der Waals surface area contributed by atoms with E-state index < -0.39 is 17.9 Å². The Morgan fingerprint density at radius 3 is 2.39 bits per heavy atom. The number of nitrogens with zero attached hydrogens (tertiary/aromatic N) is 1. The lowest BCUT2D eigenvalue weighted by atomic mass is 9.89. The number of carboxylic acids is 1. The molecule has 1 aliphatic carbocycles. The monoisotopic (exact) mass is 616 g/mol. The largest absolute Gasteiger partial charge is 0.480 e. The Bertz CT molecular complexity index is 1390. The van der Waals surface area contributed by atoms with Crippen LogP contribution >= 0.6 is 11.8 Å². The van der Waals surface area contributed by atoms with Gasteiger partial charge in [-0.3, -0.25) is 4.79 Å². The molecule has 7 nitrogen and oxygen atoms in total. The topological polar surface area (TPSA) is 95.9 Å². The molecule has 1 aliphatic rings. The number of rotatable bonds is 14. The van der Waals surface area contributed by atoms with E-state index in [1.807, 2.05) is 84.8 Å². The molecule has 0 bridgehead atoms. The van der Waals surface area contributed by atoms with Gasteiger partial charge in [0.15, 0.2) is 0 Å². The summed E-state index contributed by atoms with van der Waals surface area (Å²) in [6, 6.07) is 22.3. The van der Waals surface area contributed by atoms with Crippen LogP contribution < -0.4 is 5.32 Å². The van der Waals surface area contributed by atoms with E-state index in [1.54, 1.807) is 17.8 Å². The summed E-state index contributed by atoms with van der Waals surface area (Å²) < 4.78 is 5.75. The number of thioether (sulfide) groups is 1. The van der Waals surface area contributed by atoms with Gasteiger partial charge in [0.2, 0.25) is 0 Å². The van der Waals surface area contributed by atoms with E-state index in [1.165, 1.54) is 19.3 Å². The second-order valence-electron chi connectivity index (χ2n) is 11.6. The number of benzene rings is 3. The molecule has 3 aromatic carbocycles. The summed E-state index contributed by atoms with van der Waals surface area (Å²) in [7, 11) is 0. The molecule has 0 aliphatic heterocycles. The molecule has 0 radical (unpaired) electrons. The zero-order valence-electron chi connectivity index (χ0n) is 25.8. The maximum absolute atomic E-state index is 13.5. The fourth-order valence-electron chi connectivity index (χ4n) is 5.79. The van der Waals surface area contributed by atoms with E-state index in [2.05, 4.69) is 5.32 Å². The molecule has 0 saturated heterocycles. The zero-order valence-corrected chi connectivity index (χ0v) is 26.6. The molecule has 1 unspecified atom stereocenters. The van der Waals surface area contributed by atoms with Crippen molar-refractivity contribution in [3.63, 3.8) is 0 Å². The average molecular weight is 617 g/mol. The summed E-state index contributed by atoms with van der Waals surface area (Å²) in [5.41, 5.74) is 5.05. The van der Waals surface area contributed by atoms with E-state index in [9.17, 15) is 19.5 Å². The van der Waals surface area contributed by atoms with E-state index in [4.69, 9.17) is 4.74 Å². The van der Waals surface area contributed by atoms with Crippen LogP contribution in [-0.2, 0) is 22.6 Å². The molecule has 2 amide bonds. The maximum Gasteiger partial charge on any atom is 0.410 e. The molecule has 0 aromatic heterocycles. The van der Waals surface area contributed by atoms with Crippen LogP contribution in [0.4, 0.5) is 4.79 Å². The Kier molecular flexibility index (Phi) is 12.7. The number of carbonyl (C=O) groups excluding carboxylic acids is 2. The summed E-state index contributed by atoms with van der Waals surface area (Å²) in [5.74, 6) is -0.355. The normalized spacial score (nSPS) is 14.0. The minimum atomic E-state index is -1.04. The summed E-state index contributed by atoms with van der Waals surface area (Å²) in [5, 5.41) is 12.4. The van der Waals surface area contributed by atoms with E-state index in [-0.39, 0.29) is 12.7 Å². The van der Waals surface area contributed by atoms with Crippen LogP contribution in [-0.4, -0.2) is 59.1 Å². The van der Waals surface area contributed by atoms with Crippen molar-refractivity contribution < 1.29 is 24.2 Å². The lowest BCUT2D eigenvalue weighted by Crippen LogP contribution is -2.41. The van der Waals surface area contributed by atoms with Crippen LogP contribution in [0.15, 0.2) is 72.8 Å². The highest BCUT2D eigenvalue weighted by molar-refractivity contribution is 7.98. The fourth-order valence-corrected chi connectivity index (χ4v) is 6.26. The number of ether oxygens (including phenoxy) is 1. The second-order valence-corrected chi connectivity index (χ2v) is 12.6. The van der Waals surface area contributed by atoms with Gasteiger partial charge in [0.25, 0.3) is 5.91 Å². The molecule has 1 atom stereocenters. The van der Waals surface area contributed by atoms with Gasteiger partial charge < -0.3 is 20.1 Å². The standard InChI is InChI=1S/C36H44N2O5S/c1-26-11-9-10-16-30(26)32-23-27(17-18-31(32)34(39)37-33(35(40)41)20-22-44-2)19-21-38(24-28-12-5-3-6-13-28)36(42)43-25-29-14-7-4-8-15-29/h4,7-11,14-18,23,28,33H,3,5-6,12-13,19-22,24-25H2,1-2H3,(H,37,39)(H,40,41). The Balaban J connectivity index is 1.55. The van der Waals surface area contributed by atoms with Crippen molar-refractivity contribution in [3.8, 4) is 11.1 Å². The van der Waals surface area contributed by atoms with E-state index in [0.29, 0.717) is 43.2 Å². The van der Waals surface area contributed by atoms with Gasteiger partial charge in [0.1, 0.15) is 12.6 Å². The number of carboxylic acid groups (broad SMARTS) is 1. The summed E-state index contributed by atoms with van der Waals surface area (Å²) in [6.45, 7) is 3.40. The molecule has 1 saturated carbocycles. The van der Waals surface area contributed by atoms with Gasteiger partial charge in [0, 0.05) is 18.7 Å². The van der Waals surface area contributed by atoms with E-state index >= 15 is 0 Å². The molecule has 0 spiro atoms. The number of aliphatic carboxylic acids is 1. The first-order chi connectivity index (χ1) is 21.4. The molecule has 8 heteroatoms. The second kappa shape index (κ2) is 16.9. The van der Waals surface area contributed by atoms with Gasteiger partial charge in [-0.2, -0.15) is 11.8 Å². The van der Waals surface area contributed by atoms with Crippen molar-refractivity contribution in [3.05, 3.63) is 95.1 Å². The first kappa shape index (κ1) is 33.1. The zero-order chi connectivity index (χ0) is 31.3. The molecule has 0 heterocycles. The van der Waals surface area contributed by atoms with Crippen molar-refractivity contribution in [1.82, 2.24) is 10.2 Å². The Hall–Kier alpha value is -3.78. The smallest absolute Gasteiger partial charge is 0.410 e. The highest BCUT2D eigenvalue weighted by Gasteiger charge is 2.24. The lowest BCUT2D eigenvalue weighted by Gasteiger charge is -2.29.